The molecule has 0 aliphatic carbocycles. The van der Waals surface area contributed by atoms with Crippen LogP contribution in [0.5, 0.6) is 5.75 Å². The topological polar surface area (TPSA) is 38.7 Å². The van der Waals surface area contributed by atoms with Crippen molar-refractivity contribution >= 4 is 11.6 Å². The summed E-state index contributed by atoms with van der Waals surface area (Å²) in [6, 6.07) is 5.31. The fourth-order valence-electron chi connectivity index (χ4n) is 2.10. The number of rotatable bonds is 4. The first-order valence-corrected chi connectivity index (χ1v) is 6.76. The molecule has 2 atom stereocenters. The molecule has 18 heavy (non-hydrogen) atoms. The Morgan fingerprint density at radius 3 is 3.00 bits per heavy atom. The van der Waals surface area contributed by atoms with Crippen LogP contribution in [-0.4, -0.2) is 24.4 Å². The van der Waals surface area contributed by atoms with Crippen molar-refractivity contribution in [2.24, 2.45) is 0 Å². The Morgan fingerprint density at radius 2 is 2.33 bits per heavy atom. The molecular formula is C14H19ClO3. The highest BCUT2D eigenvalue weighted by Crippen LogP contribution is 2.28. The summed E-state index contributed by atoms with van der Waals surface area (Å²) in [5.74, 6) is 0.684. The summed E-state index contributed by atoms with van der Waals surface area (Å²) >= 11 is 5.92. The number of aliphatic hydroxyl groups excluding tert-OH is 1. The highest BCUT2D eigenvalue weighted by atomic mass is 35.5. The third kappa shape index (κ3) is 3.61. The van der Waals surface area contributed by atoms with Crippen LogP contribution in [0.15, 0.2) is 18.2 Å². The van der Waals surface area contributed by atoms with Gasteiger partial charge in [0.15, 0.2) is 0 Å². The Hall–Kier alpha value is -0.770. The lowest BCUT2D eigenvalue weighted by atomic mass is 10.1. The predicted molar refractivity (Wildman–Crippen MR) is 71.2 cm³/mol. The molecule has 1 heterocycles. The molecule has 2 unspecified atom stereocenters. The minimum Gasteiger partial charge on any atom is -0.490 e. The van der Waals surface area contributed by atoms with Crippen molar-refractivity contribution in [3.8, 4) is 5.75 Å². The number of benzene rings is 1. The summed E-state index contributed by atoms with van der Waals surface area (Å²) in [7, 11) is 0. The molecule has 0 saturated carbocycles. The van der Waals surface area contributed by atoms with E-state index in [0.29, 0.717) is 17.4 Å². The summed E-state index contributed by atoms with van der Waals surface area (Å²) in [5.41, 5.74) is 0.721. The van der Waals surface area contributed by atoms with Crippen molar-refractivity contribution in [1.29, 1.82) is 0 Å². The molecule has 0 spiro atoms. The minimum absolute atomic E-state index is 0.163. The van der Waals surface area contributed by atoms with Crippen LogP contribution in [0.2, 0.25) is 5.02 Å². The van der Waals surface area contributed by atoms with Crippen molar-refractivity contribution in [2.45, 2.75) is 38.4 Å². The quantitative estimate of drug-likeness (QED) is 0.912. The van der Waals surface area contributed by atoms with Gasteiger partial charge in [0.25, 0.3) is 0 Å². The van der Waals surface area contributed by atoms with Crippen LogP contribution in [-0.2, 0) is 4.74 Å². The fraction of sp³-hybridized carbons (Fsp3) is 0.571. The zero-order valence-corrected chi connectivity index (χ0v) is 11.3. The van der Waals surface area contributed by atoms with Gasteiger partial charge in [0.2, 0.25) is 0 Å². The maximum atomic E-state index is 9.70. The molecular weight excluding hydrogens is 252 g/mol. The Morgan fingerprint density at radius 1 is 1.50 bits per heavy atom. The van der Waals surface area contributed by atoms with Crippen molar-refractivity contribution in [3.05, 3.63) is 28.8 Å². The van der Waals surface area contributed by atoms with Gasteiger partial charge in [-0.2, -0.15) is 0 Å². The number of hydrogen-bond acceptors (Lipinski definition) is 3. The van der Waals surface area contributed by atoms with Crippen LogP contribution in [0.25, 0.3) is 0 Å². The zero-order chi connectivity index (χ0) is 13.0. The normalized spacial score (nSPS) is 21.6. The van der Waals surface area contributed by atoms with Crippen LogP contribution >= 0.6 is 11.6 Å². The standard InChI is InChI=1S/C14H19ClO3/c1-10(16)13-8-11(15)5-6-14(13)18-9-12-4-2-3-7-17-12/h5-6,8,10,12,16H,2-4,7,9H2,1H3. The summed E-state index contributed by atoms with van der Waals surface area (Å²) < 4.78 is 11.4. The molecule has 0 radical (unpaired) electrons. The van der Waals surface area contributed by atoms with E-state index in [1.807, 2.05) is 0 Å². The second-order valence-corrected chi connectivity index (χ2v) is 5.09. The van der Waals surface area contributed by atoms with Gasteiger partial charge < -0.3 is 14.6 Å². The van der Waals surface area contributed by atoms with Crippen LogP contribution in [0.1, 0.15) is 37.9 Å². The first kappa shape index (κ1) is 13.7. The van der Waals surface area contributed by atoms with E-state index in [4.69, 9.17) is 21.1 Å². The Balaban J connectivity index is 1.99. The van der Waals surface area contributed by atoms with E-state index < -0.39 is 6.10 Å². The molecule has 3 nitrogen and oxygen atoms in total. The Kier molecular flexibility index (Phi) is 4.87. The van der Waals surface area contributed by atoms with Gasteiger partial charge in [-0.25, -0.2) is 0 Å². The van der Waals surface area contributed by atoms with E-state index in [0.717, 1.165) is 25.0 Å². The molecule has 1 fully saturated rings. The van der Waals surface area contributed by atoms with E-state index in [-0.39, 0.29) is 6.10 Å². The fourth-order valence-corrected chi connectivity index (χ4v) is 2.28. The molecule has 1 aliphatic rings. The largest absolute Gasteiger partial charge is 0.490 e. The molecule has 1 aromatic carbocycles. The van der Waals surface area contributed by atoms with Crippen molar-refractivity contribution in [2.75, 3.05) is 13.2 Å². The van der Waals surface area contributed by atoms with Gasteiger partial charge in [-0.05, 0) is 44.4 Å². The van der Waals surface area contributed by atoms with Crippen LogP contribution in [0, 0.1) is 0 Å². The zero-order valence-electron chi connectivity index (χ0n) is 10.6. The number of aliphatic hydroxyl groups is 1. The Labute approximate surface area is 113 Å². The summed E-state index contributed by atoms with van der Waals surface area (Å²) in [5, 5.41) is 10.3. The van der Waals surface area contributed by atoms with Crippen molar-refractivity contribution < 1.29 is 14.6 Å². The molecule has 1 N–H and O–H groups in total. The van der Waals surface area contributed by atoms with Gasteiger partial charge in [0.1, 0.15) is 12.4 Å². The summed E-state index contributed by atoms with van der Waals surface area (Å²) in [4.78, 5) is 0. The lowest BCUT2D eigenvalue weighted by Gasteiger charge is -2.23. The SMILES string of the molecule is CC(O)c1cc(Cl)ccc1OCC1CCCCO1. The molecule has 0 aromatic heterocycles. The molecule has 0 amide bonds. The lowest BCUT2D eigenvalue weighted by molar-refractivity contribution is -0.0116. The maximum absolute atomic E-state index is 9.70. The minimum atomic E-state index is -0.592. The Bertz CT molecular complexity index is 387. The number of hydrogen-bond donors (Lipinski definition) is 1. The van der Waals surface area contributed by atoms with E-state index >= 15 is 0 Å². The van der Waals surface area contributed by atoms with E-state index in [1.165, 1.54) is 6.42 Å². The van der Waals surface area contributed by atoms with Gasteiger partial charge in [-0.1, -0.05) is 11.6 Å². The molecule has 0 bridgehead atoms. The smallest absolute Gasteiger partial charge is 0.125 e. The molecule has 1 aliphatic heterocycles. The second kappa shape index (κ2) is 6.41. The highest BCUT2D eigenvalue weighted by Gasteiger charge is 2.16. The number of halogens is 1. The third-order valence-electron chi connectivity index (χ3n) is 3.12. The van der Waals surface area contributed by atoms with E-state index in [9.17, 15) is 5.11 Å². The first-order chi connectivity index (χ1) is 8.66. The average Bonchev–Trinajstić information content (AvgIpc) is 2.38. The van der Waals surface area contributed by atoms with Gasteiger partial charge in [-0.3, -0.25) is 0 Å². The van der Waals surface area contributed by atoms with Gasteiger partial charge >= 0.3 is 0 Å². The molecule has 1 saturated heterocycles. The second-order valence-electron chi connectivity index (χ2n) is 4.66. The molecule has 4 heteroatoms. The van der Waals surface area contributed by atoms with Crippen LogP contribution in [0.3, 0.4) is 0 Å². The molecule has 100 valence electrons. The third-order valence-corrected chi connectivity index (χ3v) is 3.36. The maximum Gasteiger partial charge on any atom is 0.125 e. The van der Waals surface area contributed by atoms with Crippen LogP contribution < -0.4 is 4.74 Å². The van der Waals surface area contributed by atoms with Gasteiger partial charge in [-0.15, -0.1) is 0 Å². The molecule has 1 aromatic rings. The average molecular weight is 271 g/mol. The molecule has 2 rings (SSSR count). The number of ether oxygens (including phenoxy) is 2. The van der Waals surface area contributed by atoms with Crippen molar-refractivity contribution in [1.82, 2.24) is 0 Å². The van der Waals surface area contributed by atoms with Gasteiger partial charge in [0.05, 0.1) is 12.2 Å². The predicted octanol–water partition coefficient (Wildman–Crippen LogP) is 3.34. The van der Waals surface area contributed by atoms with Gasteiger partial charge in [0, 0.05) is 17.2 Å². The summed E-state index contributed by atoms with van der Waals surface area (Å²) in [6.07, 6.45) is 2.94. The van der Waals surface area contributed by atoms with Crippen LogP contribution in [0.4, 0.5) is 0 Å². The van der Waals surface area contributed by atoms with E-state index in [1.54, 1.807) is 25.1 Å². The van der Waals surface area contributed by atoms with E-state index in [2.05, 4.69) is 0 Å². The summed E-state index contributed by atoms with van der Waals surface area (Å²) in [6.45, 7) is 3.05. The highest BCUT2D eigenvalue weighted by molar-refractivity contribution is 6.30. The first-order valence-electron chi connectivity index (χ1n) is 6.38. The van der Waals surface area contributed by atoms with Crippen molar-refractivity contribution in [3.63, 3.8) is 0 Å². The lowest BCUT2D eigenvalue weighted by Crippen LogP contribution is -2.26. The monoisotopic (exact) mass is 270 g/mol.